The van der Waals surface area contributed by atoms with Crippen molar-refractivity contribution in [2.45, 2.75) is 40.5 Å². The zero-order valence-electron chi connectivity index (χ0n) is 9.80. The molecule has 1 rings (SSSR count). The van der Waals surface area contributed by atoms with Crippen LogP contribution in [0.3, 0.4) is 0 Å². The van der Waals surface area contributed by atoms with Gasteiger partial charge in [0.1, 0.15) is 0 Å². The van der Waals surface area contributed by atoms with Crippen LogP contribution in [-0.4, -0.2) is 0 Å². The van der Waals surface area contributed by atoms with Crippen molar-refractivity contribution in [2.24, 2.45) is 11.3 Å². The molecule has 0 N–H and O–H groups in total. The van der Waals surface area contributed by atoms with E-state index in [9.17, 15) is 0 Å². The van der Waals surface area contributed by atoms with Crippen molar-refractivity contribution in [1.29, 1.82) is 0 Å². The van der Waals surface area contributed by atoms with Crippen molar-refractivity contribution in [1.82, 2.24) is 0 Å². The largest absolute Gasteiger partial charge is 0.0622 e. The van der Waals surface area contributed by atoms with Gasteiger partial charge in [-0.3, -0.25) is 0 Å². The molecule has 0 amide bonds. The Labute approximate surface area is 88.4 Å². The molecule has 0 nitrogen and oxygen atoms in total. The number of rotatable bonds is 3. The fourth-order valence-electron chi connectivity index (χ4n) is 2.08. The summed E-state index contributed by atoms with van der Waals surface area (Å²) in [6.07, 6.45) is 2.47. The van der Waals surface area contributed by atoms with Gasteiger partial charge in [0.05, 0.1) is 0 Å². The van der Waals surface area contributed by atoms with Crippen LogP contribution in [0.2, 0.25) is 0 Å². The van der Waals surface area contributed by atoms with E-state index < -0.39 is 0 Å². The van der Waals surface area contributed by atoms with Crippen LogP contribution in [0.1, 0.15) is 39.7 Å². The Bertz CT molecular complexity index is 253. The van der Waals surface area contributed by atoms with Gasteiger partial charge in [0.25, 0.3) is 0 Å². The van der Waals surface area contributed by atoms with Crippen LogP contribution in [0.25, 0.3) is 0 Å². The van der Waals surface area contributed by atoms with Gasteiger partial charge in [0.15, 0.2) is 0 Å². The maximum Gasteiger partial charge on any atom is -0.0184 e. The lowest BCUT2D eigenvalue weighted by Crippen LogP contribution is -2.12. The maximum absolute atomic E-state index is 3.05. The summed E-state index contributed by atoms with van der Waals surface area (Å²) in [6, 6.07) is 11.4. The van der Waals surface area contributed by atoms with E-state index in [0.717, 1.165) is 5.92 Å². The molecule has 0 aromatic heterocycles. The van der Waals surface area contributed by atoms with Crippen molar-refractivity contribution in [3.8, 4) is 0 Å². The van der Waals surface area contributed by atoms with Crippen LogP contribution in [0.4, 0.5) is 0 Å². The highest BCUT2D eigenvalue weighted by atomic mass is 14.2. The first-order valence-corrected chi connectivity index (χ1v) is 5.42. The predicted octanol–water partition coefficient (Wildman–Crippen LogP) is 4.10. The van der Waals surface area contributed by atoms with Crippen molar-refractivity contribution >= 4 is 0 Å². The van der Waals surface area contributed by atoms with E-state index in [1.165, 1.54) is 18.4 Å². The second kappa shape index (κ2) is 4.63. The monoisotopic (exact) mass is 189 g/mol. The summed E-state index contributed by atoms with van der Waals surface area (Å²) >= 11 is 0. The predicted molar refractivity (Wildman–Crippen MR) is 62.2 cm³/mol. The van der Waals surface area contributed by atoms with E-state index in [1.54, 1.807) is 0 Å². The number of benzene rings is 1. The molecule has 1 unspecified atom stereocenters. The van der Waals surface area contributed by atoms with Crippen molar-refractivity contribution in [3.05, 3.63) is 35.9 Å². The van der Waals surface area contributed by atoms with E-state index in [4.69, 9.17) is 0 Å². The van der Waals surface area contributed by atoms with Crippen molar-refractivity contribution in [2.75, 3.05) is 0 Å². The lowest BCUT2D eigenvalue weighted by Gasteiger charge is -2.23. The van der Waals surface area contributed by atoms with Crippen molar-refractivity contribution in [3.63, 3.8) is 0 Å². The molecule has 0 saturated heterocycles. The second-order valence-electron chi connectivity index (χ2n) is 5.48. The summed E-state index contributed by atoms with van der Waals surface area (Å²) in [4.78, 5) is 0. The van der Waals surface area contributed by atoms with Crippen LogP contribution < -0.4 is 0 Å². The highest BCUT2D eigenvalue weighted by molar-refractivity contribution is 5.14. The SMILES string of the molecule is CC(Cc1cc[c]cc1)CC(C)(C)C. The van der Waals surface area contributed by atoms with Gasteiger partial charge in [-0.05, 0) is 35.8 Å². The van der Waals surface area contributed by atoms with Gasteiger partial charge in [-0.1, -0.05) is 52.0 Å². The number of hydrogen-bond donors (Lipinski definition) is 0. The molecule has 1 atom stereocenters. The first kappa shape index (κ1) is 11.3. The van der Waals surface area contributed by atoms with Crippen LogP contribution in [0.5, 0.6) is 0 Å². The molecule has 0 aliphatic carbocycles. The molecular formula is C14H21. The van der Waals surface area contributed by atoms with Gasteiger partial charge in [-0.25, -0.2) is 0 Å². The number of hydrogen-bond acceptors (Lipinski definition) is 0. The molecule has 0 heteroatoms. The quantitative estimate of drug-likeness (QED) is 0.671. The summed E-state index contributed by atoms with van der Waals surface area (Å²) in [5, 5.41) is 0. The minimum absolute atomic E-state index is 0.445. The van der Waals surface area contributed by atoms with Gasteiger partial charge in [-0.15, -0.1) is 0 Å². The molecule has 0 aliphatic heterocycles. The molecule has 77 valence electrons. The molecule has 0 bridgehead atoms. The minimum Gasteiger partial charge on any atom is -0.0622 e. The molecule has 14 heavy (non-hydrogen) atoms. The summed E-state index contributed by atoms with van der Waals surface area (Å²) in [6.45, 7) is 9.26. The van der Waals surface area contributed by atoms with Gasteiger partial charge >= 0.3 is 0 Å². The average molecular weight is 189 g/mol. The molecule has 0 fully saturated rings. The highest BCUT2D eigenvalue weighted by Gasteiger charge is 2.15. The molecule has 1 aromatic rings. The van der Waals surface area contributed by atoms with Crippen LogP contribution in [0, 0.1) is 17.4 Å². The standard InChI is InChI=1S/C14H21/c1-12(11-14(2,3)4)10-13-8-6-5-7-9-13/h6-9,12H,10-11H2,1-4H3. The zero-order valence-corrected chi connectivity index (χ0v) is 9.80. The maximum atomic E-state index is 3.05. The third-order valence-corrected chi connectivity index (χ3v) is 2.33. The third kappa shape index (κ3) is 4.45. The Morgan fingerprint density at radius 2 is 1.79 bits per heavy atom. The third-order valence-electron chi connectivity index (χ3n) is 2.33. The Kier molecular flexibility index (Phi) is 3.74. The fourth-order valence-corrected chi connectivity index (χ4v) is 2.08. The van der Waals surface area contributed by atoms with E-state index >= 15 is 0 Å². The Balaban J connectivity index is 2.46. The van der Waals surface area contributed by atoms with Crippen LogP contribution in [-0.2, 0) is 6.42 Å². The molecule has 0 saturated carbocycles. The molecule has 0 aliphatic rings. The summed E-state index contributed by atoms with van der Waals surface area (Å²) in [7, 11) is 0. The first-order chi connectivity index (χ1) is 6.47. The Morgan fingerprint density at radius 3 is 2.29 bits per heavy atom. The second-order valence-corrected chi connectivity index (χ2v) is 5.48. The van der Waals surface area contributed by atoms with Gasteiger partial charge in [0.2, 0.25) is 0 Å². The van der Waals surface area contributed by atoms with Gasteiger partial charge in [-0.2, -0.15) is 0 Å². The molecule has 0 spiro atoms. The van der Waals surface area contributed by atoms with E-state index in [1.807, 2.05) is 12.1 Å². The lowest BCUT2D eigenvalue weighted by molar-refractivity contribution is 0.306. The normalized spacial score (nSPS) is 14.0. The fraction of sp³-hybridized carbons (Fsp3) is 0.571. The smallest absolute Gasteiger partial charge is 0.0184 e. The van der Waals surface area contributed by atoms with Crippen molar-refractivity contribution < 1.29 is 0 Å². The molecule has 1 aromatic carbocycles. The summed E-state index contributed by atoms with van der Waals surface area (Å²) in [5.74, 6) is 0.761. The Hall–Kier alpha value is -0.780. The zero-order chi connectivity index (χ0) is 10.6. The van der Waals surface area contributed by atoms with Gasteiger partial charge < -0.3 is 0 Å². The lowest BCUT2D eigenvalue weighted by atomic mass is 9.83. The molecular weight excluding hydrogens is 168 g/mol. The summed E-state index contributed by atoms with van der Waals surface area (Å²) in [5.41, 5.74) is 1.88. The minimum atomic E-state index is 0.445. The molecule has 1 radical (unpaired) electrons. The summed E-state index contributed by atoms with van der Waals surface area (Å²) < 4.78 is 0. The average Bonchev–Trinajstić information content (AvgIpc) is 2.02. The molecule has 0 heterocycles. The van der Waals surface area contributed by atoms with Crippen LogP contribution >= 0.6 is 0 Å². The van der Waals surface area contributed by atoms with E-state index in [2.05, 4.69) is 45.9 Å². The first-order valence-electron chi connectivity index (χ1n) is 5.42. The van der Waals surface area contributed by atoms with E-state index in [-0.39, 0.29) is 0 Å². The van der Waals surface area contributed by atoms with Crippen LogP contribution in [0.15, 0.2) is 24.3 Å². The van der Waals surface area contributed by atoms with E-state index in [0.29, 0.717) is 5.41 Å². The Morgan fingerprint density at radius 1 is 1.21 bits per heavy atom. The van der Waals surface area contributed by atoms with Gasteiger partial charge in [0, 0.05) is 0 Å². The highest BCUT2D eigenvalue weighted by Crippen LogP contribution is 2.26. The topological polar surface area (TPSA) is 0 Å².